The summed E-state index contributed by atoms with van der Waals surface area (Å²) in [6, 6.07) is 0.588. The predicted octanol–water partition coefficient (Wildman–Crippen LogP) is 2.26. The van der Waals surface area contributed by atoms with Crippen LogP contribution in [0.4, 0.5) is 0 Å². The number of nitrogens with zero attached hydrogens (tertiary/aromatic N) is 1. The van der Waals surface area contributed by atoms with Crippen LogP contribution in [0.1, 0.15) is 44.9 Å². The molecule has 2 saturated heterocycles. The summed E-state index contributed by atoms with van der Waals surface area (Å²) in [6.07, 6.45) is 8.63. The molecule has 1 atom stereocenters. The van der Waals surface area contributed by atoms with E-state index in [0.29, 0.717) is 11.9 Å². The zero-order valence-corrected chi connectivity index (χ0v) is 12.6. The average Bonchev–Trinajstić information content (AvgIpc) is 3.31. The van der Waals surface area contributed by atoms with E-state index in [0.717, 1.165) is 32.0 Å². The zero-order valence-electron chi connectivity index (χ0n) is 11.8. The van der Waals surface area contributed by atoms with Gasteiger partial charge in [0.15, 0.2) is 0 Å². The van der Waals surface area contributed by atoms with Gasteiger partial charge in [-0.25, -0.2) is 0 Å². The molecule has 1 N–H and O–H groups in total. The van der Waals surface area contributed by atoms with Crippen LogP contribution in [0.15, 0.2) is 0 Å². The van der Waals surface area contributed by atoms with E-state index in [-0.39, 0.29) is 5.25 Å². The monoisotopic (exact) mass is 282 g/mol. The summed E-state index contributed by atoms with van der Waals surface area (Å²) in [4.78, 5) is 15.0. The summed E-state index contributed by atoms with van der Waals surface area (Å²) < 4.78 is 0. The molecule has 0 spiro atoms. The molecular weight excluding hydrogens is 256 g/mol. The molecule has 0 aromatic heterocycles. The highest BCUT2D eigenvalue weighted by Gasteiger charge is 2.37. The van der Waals surface area contributed by atoms with Gasteiger partial charge in [0.1, 0.15) is 0 Å². The maximum absolute atomic E-state index is 12.7. The first-order valence-corrected chi connectivity index (χ1v) is 9.02. The van der Waals surface area contributed by atoms with Gasteiger partial charge in [0.05, 0.1) is 5.25 Å². The van der Waals surface area contributed by atoms with E-state index >= 15 is 0 Å². The number of nitrogens with one attached hydrogen (secondary N) is 1. The second kappa shape index (κ2) is 6.49. The molecule has 108 valence electrons. The summed E-state index contributed by atoms with van der Waals surface area (Å²) in [5.74, 6) is 2.38. The maximum Gasteiger partial charge on any atom is 0.235 e. The molecule has 0 bridgehead atoms. The Morgan fingerprint density at radius 3 is 2.53 bits per heavy atom. The van der Waals surface area contributed by atoms with E-state index in [9.17, 15) is 4.79 Å². The van der Waals surface area contributed by atoms with Gasteiger partial charge in [-0.1, -0.05) is 6.42 Å². The molecule has 0 aromatic rings. The number of hydrogen-bond donors (Lipinski definition) is 1. The fourth-order valence-corrected chi connectivity index (χ4v) is 4.53. The van der Waals surface area contributed by atoms with Crippen molar-refractivity contribution >= 4 is 17.7 Å². The lowest BCUT2D eigenvalue weighted by Crippen LogP contribution is -2.44. The summed E-state index contributed by atoms with van der Waals surface area (Å²) in [5, 5.41) is 3.69. The Balaban J connectivity index is 1.57. The molecule has 0 radical (unpaired) electrons. The Morgan fingerprint density at radius 2 is 1.89 bits per heavy atom. The van der Waals surface area contributed by atoms with Crippen molar-refractivity contribution in [3.63, 3.8) is 0 Å². The molecular formula is C15H26N2OS. The van der Waals surface area contributed by atoms with Crippen LogP contribution in [0.25, 0.3) is 0 Å². The minimum atomic E-state index is 0.274. The number of thioether (sulfide) groups is 1. The first-order valence-electron chi connectivity index (χ1n) is 7.97. The van der Waals surface area contributed by atoms with Gasteiger partial charge in [-0.15, -0.1) is 11.8 Å². The van der Waals surface area contributed by atoms with Crippen LogP contribution in [0, 0.1) is 5.92 Å². The van der Waals surface area contributed by atoms with Gasteiger partial charge in [-0.3, -0.25) is 4.79 Å². The van der Waals surface area contributed by atoms with Crippen LogP contribution in [-0.4, -0.2) is 47.5 Å². The highest BCUT2D eigenvalue weighted by Crippen LogP contribution is 2.33. The fourth-order valence-electron chi connectivity index (χ4n) is 3.27. The Morgan fingerprint density at radius 1 is 1.11 bits per heavy atom. The SMILES string of the molecule is O=C(C1CCCCS1)N(CC1CCNCC1)C1CC1. The van der Waals surface area contributed by atoms with Gasteiger partial charge in [-0.2, -0.15) is 0 Å². The highest BCUT2D eigenvalue weighted by atomic mass is 32.2. The molecule has 19 heavy (non-hydrogen) atoms. The van der Waals surface area contributed by atoms with Gasteiger partial charge >= 0.3 is 0 Å². The van der Waals surface area contributed by atoms with Gasteiger partial charge in [0.2, 0.25) is 5.91 Å². The Labute approximate surface area is 120 Å². The van der Waals surface area contributed by atoms with Crippen molar-refractivity contribution in [1.82, 2.24) is 10.2 Å². The van der Waals surface area contributed by atoms with Crippen molar-refractivity contribution in [2.45, 2.75) is 56.2 Å². The largest absolute Gasteiger partial charge is 0.338 e. The number of amides is 1. The van der Waals surface area contributed by atoms with Crippen molar-refractivity contribution in [3.8, 4) is 0 Å². The first-order chi connectivity index (χ1) is 9.34. The number of carbonyl (C=O) groups is 1. The van der Waals surface area contributed by atoms with Crippen molar-refractivity contribution in [2.24, 2.45) is 5.92 Å². The summed E-state index contributed by atoms with van der Waals surface area (Å²) in [7, 11) is 0. The lowest BCUT2D eigenvalue weighted by atomic mass is 9.97. The van der Waals surface area contributed by atoms with Crippen molar-refractivity contribution < 1.29 is 4.79 Å². The van der Waals surface area contributed by atoms with Crippen LogP contribution >= 0.6 is 11.8 Å². The van der Waals surface area contributed by atoms with E-state index in [2.05, 4.69) is 10.2 Å². The van der Waals surface area contributed by atoms with Crippen LogP contribution in [0.5, 0.6) is 0 Å². The number of rotatable bonds is 4. The smallest absolute Gasteiger partial charge is 0.235 e. The van der Waals surface area contributed by atoms with E-state index in [4.69, 9.17) is 0 Å². The third-order valence-corrected chi connectivity index (χ3v) is 6.00. The molecule has 1 aliphatic carbocycles. The normalized spacial score (nSPS) is 29.2. The molecule has 1 saturated carbocycles. The molecule has 3 aliphatic rings. The second-order valence-corrected chi connectivity index (χ2v) is 7.58. The molecule has 0 aromatic carbocycles. The Bertz CT molecular complexity index is 307. The molecule has 3 rings (SSSR count). The van der Waals surface area contributed by atoms with E-state index in [1.54, 1.807) is 0 Å². The van der Waals surface area contributed by atoms with E-state index < -0.39 is 0 Å². The summed E-state index contributed by atoms with van der Waals surface area (Å²) in [5.41, 5.74) is 0. The minimum absolute atomic E-state index is 0.274. The molecule has 2 heterocycles. The molecule has 3 fully saturated rings. The molecule has 3 nitrogen and oxygen atoms in total. The standard InChI is InChI=1S/C15H26N2OS/c18-15(14-3-1-2-10-19-14)17(13-4-5-13)11-12-6-8-16-9-7-12/h12-14,16H,1-11H2. The predicted molar refractivity (Wildman–Crippen MR) is 80.4 cm³/mol. The van der Waals surface area contributed by atoms with E-state index in [1.807, 2.05) is 11.8 Å². The topological polar surface area (TPSA) is 32.3 Å². The maximum atomic E-state index is 12.7. The molecule has 4 heteroatoms. The van der Waals surface area contributed by atoms with Gasteiger partial charge in [0.25, 0.3) is 0 Å². The number of piperidine rings is 1. The van der Waals surface area contributed by atoms with Crippen LogP contribution < -0.4 is 5.32 Å². The highest BCUT2D eigenvalue weighted by molar-refractivity contribution is 8.00. The zero-order chi connectivity index (χ0) is 13.1. The number of hydrogen-bond acceptors (Lipinski definition) is 3. The van der Waals surface area contributed by atoms with Crippen molar-refractivity contribution in [1.29, 1.82) is 0 Å². The molecule has 2 aliphatic heterocycles. The Hall–Kier alpha value is -0.220. The average molecular weight is 282 g/mol. The molecule has 1 unspecified atom stereocenters. The Kier molecular flexibility index (Phi) is 4.69. The van der Waals surface area contributed by atoms with Gasteiger partial charge in [-0.05, 0) is 63.3 Å². The van der Waals surface area contributed by atoms with Gasteiger partial charge in [0, 0.05) is 12.6 Å². The van der Waals surface area contributed by atoms with Crippen LogP contribution in [0.2, 0.25) is 0 Å². The van der Waals surface area contributed by atoms with Crippen LogP contribution in [0.3, 0.4) is 0 Å². The van der Waals surface area contributed by atoms with Crippen molar-refractivity contribution in [3.05, 3.63) is 0 Å². The number of carbonyl (C=O) groups excluding carboxylic acids is 1. The first kappa shape index (κ1) is 13.7. The summed E-state index contributed by atoms with van der Waals surface area (Å²) in [6.45, 7) is 3.30. The lowest BCUT2D eigenvalue weighted by molar-refractivity contribution is -0.132. The van der Waals surface area contributed by atoms with Crippen molar-refractivity contribution in [2.75, 3.05) is 25.4 Å². The molecule has 1 amide bonds. The lowest BCUT2D eigenvalue weighted by Gasteiger charge is -2.33. The minimum Gasteiger partial charge on any atom is -0.338 e. The van der Waals surface area contributed by atoms with Crippen LogP contribution in [-0.2, 0) is 4.79 Å². The summed E-state index contributed by atoms with van der Waals surface area (Å²) >= 11 is 1.90. The second-order valence-electron chi connectivity index (χ2n) is 6.27. The van der Waals surface area contributed by atoms with Gasteiger partial charge < -0.3 is 10.2 Å². The third-order valence-electron chi connectivity index (χ3n) is 4.64. The fraction of sp³-hybridized carbons (Fsp3) is 0.933. The third kappa shape index (κ3) is 3.66. The quantitative estimate of drug-likeness (QED) is 0.858. The van der Waals surface area contributed by atoms with E-state index in [1.165, 1.54) is 44.3 Å².